The second-order valence-electron chi connectivity index (χ2n) is 5.79. The predicted molar refractivity (Wildman–Crippen MR) is 110 cm³/mol. The van der Waals surface area contributed by atoms with Gasteiger partial charge in [0, 0.05) is 22.8 Å². The maximum absolute atomic E-state index is 12.3. The van der Waals surface area contributed by atoms with Crippen LogP contribution in [-0.2, 0) is 10.0 Å². The lowest BCUT2D eigenvalue weighted by atomic mass is 10.2. The molecule has 0 fully saturated rings. The topological polar surface area (TPSA) is 97.4 Å². The molecule has 1 aromatic heterocycles. The SMILES string of the molecule is CCCOc1ccc(C(=O)Nc2ccc(S(=O)(=O)Nc3nccs3)cc2)cc1. The van der Waals surface area contributed by atoms with Gasteiger partial charge >= 0.3 is 0 Å². The van der Waals surface area contributed by atoms with Crippen molar-refractivity contribution in [3.05, 3.63) is 65.7 Å². The first-order valence-electron chi connectivity index (χ1n) is 8.54. The van der Waals surface area contributed by atoms with Crippen LogP contribution in [0.15, 0.2) is 65.0 Å². The number of ether oxygens (including phenoxy) is 1. The summed E-state index contributed by atoms with van der Waals surface area (Å²) < 4.78 is 32.5. The highest BCUT2D eigenvalue weighted by molar-refractivity contribution is 7.93. The molecule has 2 aromatic carbocycles. The molecule has 3 aromatic rings. The van der Waals surface area contributed by atoms with Crippen LogP contribution in [0.1, 0.15) is 23.7 Å². The number of aromatic nitrogens is 1. The van der Waals surface area contributed by atoms with Crippen molar-refractivity contribution in [3.63, 3.8) is 0 Å². The van der Waals surface area contributed by atoms with Crippen molar-refractivity contribution in [1.82, 2.24) is 4.98 Å². The Labute approximate surface area is 167 Å². The van der Waals surface area contributed by atoms with Crippen molar-refractivity contribution >= 4 is 38.1 Å². The van der Waals surface area contributed by atoms with Gasteiger partial charge in [-0.15, -0.1) is 11.3 Å². The van der Waals surface area contributed by atoms with Gasteiger partial charge in [0.05, 0.1) is 11.5 Å². The van der Waals surface area contributed by atoms with Gasteiger partial charge in [-0.1, -0.05) is 6.92 Å². The summed E-state index contributed by atoms with van der Waals surface area (Å²) in [6.07, 6.45) is 2.43. The number of sulfonamides is 1. The Morgan fingerprint density at radius 3 is 2.43 bits per heavy atom. The van der Waals surface area contributed by atoms with Gasteiger partial charge in [0.2, 0.25) is 0 Å². The largest absolute Gasteiger partial charge is 0.494 e. The number of nitrogens with one attached hydrogen (secondary N) is 2. The van der Waals surface area contributed by atoms with E-state index < -0.39 is 10.0 Å². The molecule has 146 valence electrons. The van der Waals surface area contributed by atoms with E-state index in [-0.39, 0.29) is 10.8 Å². The zero-order valence-electron chi connectivity index (χ0n) is 15.1. The van der Waals surface area contributed by atoms with Crippen molar-refractivity contribution in [3.8, 4) is 5.75 Å². The van der Waals surface area contributed by atoms with Crippen LogP contribution in [0.5, 0.6) is 5.75 Å². The molecular weight excluding hydrogens is 398 g/mol. The average Bonchev–Trinajstić information content (AvgIpc) is 3.19. The molecule has 0 aliphatic heterocycles. The van der Waals surface area contributed by atoms with Crippen molar-refractivity contribution in [1.29, 1.82) is 0 Å². The second-order valence-corrected chi connectivity index (χ2v) is 8.37. The molecule has 7 nitrogen and oxygen atoms in total. The number of hydrogen-bond acceptors (Lipinski definition) is 6. The zero-order chi connectivity index (χ0) is 20.0. The number of thiazole rings is 1. The zero-order valence-corrected chi connectivity index (χ0v) is 16.7. The van der Waals surface area contributed by atoms with Crippen LogP contribution in [0.25, 0.3) is 0 Å². The molecule has 0 aliphatic carbocycles. The Kier molecular flexibility index (Phi) is 6.27. The van der Waals surface area contributed by atoms with E-state index in [4.69, 9.17) is 4.74 Å². The van der Waals surface area contributed by atoms with E-state index in [1.54, 1.807) is 29.6 Å². The summed E-state index contributed by atoms with van der Waals surface area (Å²) in [5, 5.41) is 4.71. The van der Waals surface area contributed by atoms with Gasteiger partial charge in [0.1, 0.15) is 5.75 Å². The highest BCUT2D eigenvalue weighted by atomic mass is 32.2. The normalized spacial score (nSPS) is 11.0. The Morgan fingerprint density at radius 2 is 1.82 bits per heavy atom. The fraction of sp³-hybridized carbons (Fsp3) is 0.158. The number of amides is 1. The Bertz CT molecular complexity index is 1020. The summed E-state index contributed by atoms with van der Waals surface area (Å²) in [7, 11) is -3.72. The van der Waals surface area contributed by atoms with E-state index >= 15 is 0 Å². The van der Waals surface area contributed by atoms with Crippen LogP contribution >= 0.6 is 11.3 Å². The van der Waals surface area contributed by atoms with Gasteiger partial charge in [-0.2, -0.15) is 0 Å². The van der Waals surface area contributed by atoms with Gasteiger partial charge in [-0.05, 0) is 55.0 Å². The van der Waals surface area contributed by atoms with Crippen LogP contribution in [0.2, 0.25) is 0 Å². The van der Waals surface area contributed by atoms with Gasteiger partial charge < -0.3 is 10.1 Å². The highest BCUT2D eigenvalue weighted by Crippen LogP contribution is 2.20. The first-order valence-corrected chi connectivity index (χ1v) is 10.9. The number of anilines is 2. The van der Waals surface area contributed by atoms with E-state index in [2.05, 4.69) is 15.0 Å². The molecule has 0 radical (unpaired) electrons. The molecule has 9 heteroatoms. The molecule has 1 heterocycles. The lowest BCUT2D eigenvalue weighted by Gasteiger charge is -2.09. The number of carbonyl (C=O) groups excluding carboxylic acids is 1. The van der Waals surface area contributed by atoms with Gasteiger partial charge in [-0.25, -0.2) is 13.4 Å². The van der Waals surface area contributed by atoms with Crippen molar-refractivity contribution < 1.29 is 17.9 Å². The number of hydrogen-bond donors (Lipinski definition) is 2. The summed E-state index contributed by atoms with van der Waals surface area (Å²) in [4.78, 5) is 16.3. The minimum Gasteiger partial charge on any atom is -0.494 e. The molecule has 2 N–H and O–H groups in total. The van der Waals surface area contributed by atoms with Gasteiger partial charge in [-0.3, -0.25) is 9.52 Å². The quantitative estimate of drug-likeness (QED) is 0.578. The molecule has 0 spiro atoms. The van der Waals surface area contributed by atoms with E-state index in [0.29, 0.717) is 28.7 Å². The molecule has 0 bridgehead atoms. The third-order valence-corrected chi connectivity index (χ3v) is 5.84. The van der Waals surface area contributed by atoms with Crippen molar-refractivity contribution in [2.75, 3.05) is 16.6 Å². The predicted octanol–water partition coefficient (Wildman–Crippen LogP) is 3.99. The minimum absolute atomic E-state index is 0.0816. The Balaban J connectivity index is 1.64. The maximum atomic E-state index is 12.3. The van der Waals surface area contributed by atoms with Crippen LogP contribution in [0.4, 0.5) is 10.8 Å². The van der Waals surface area contributed by atoms with Crippen LogP contribution in [0.3, 0.4) is 0 Å². The molecule has 0 saturated carbocycles. The number of nitrogens with zero attached hydrogens (tertiary/aromatic N) is 1. The number of rotatable bonds is 8. The second kappa shape index (κ2) is 8.85. The summed E-state index contributed by atoms with van der Waals surface area (Å²) in [6.45, 7) is 2.64. The van der Waals surface area contributed by atoms with Gasteiger partial charge in [0.25, 0.3) is 15.9 Å². The van der Waals surface area contributed by atoms with Gasteiger partial charge in [0.15, 0.2) is 5.13 Å². The smallest absolute Gasteiger partial charge is 0.263 e. The molecule has 0 atom stereocenters. The molecule has 28 heavy (non-hydrogen) atoms. The van der Waals surface area contributed by atoms with Crippen LogP contribution in [0, 0.1) is 0 Å². The fourth-order valence-corrected chi connectivity index (χ4v) is 4.08. The third-order valence-electron chi connectivity index (χ3n) is 3.67. The molecule has 0 aliphatic rings. The monoisotopic (exact) mass is 417 g/mol. The van der Waals surface area contributed by atoms with E-state index in [1.807, 2.05) is 6.92 Å². The van der Waals surface area contributed by atoms with E-state index in [9.17, 15) is 13.2 Å². The molecule has 0 saturated heterocycles. The fourth-order valence-electron chi connectivity index (χ4n) is 2.29. The lowest BCUT2D eigenvalue weighted by Crippen LogP contribution is -2.14. The maximum Gasteiger partial charge on any atom is 0.263 e. The van der Waals surface area contributed by atoms with Crippen molar-refractivity contribution in [2.45, 2.75) is 18.2 Å². The van der Waals surface area contributed by atoms with Crippen molar-refractivity contribution in [2.24, 2.45) is 0 Å². The molecule has 1 amide bonds. The van der Waals surface area contributed by atoms with E-state index in [0.717, 1.165) is 6.42 Å². The first-order chi connectivity index (χ1) is 13.5. The van der Waals surface area contributed by atoms with Crippen LogP contribution in [-0.4, -0.2) is 25.9 Å². The summed E-state index contributed by atoms with van der Waals surface area (Å²) >= 11 is 1.19. The first kappa shape index (κ1) is 19.8. The van der Waals surface area contributed by atoms with Crippen LogP contribution < -0.4 is 14.8 Å². The summed E-state index contributed by atoms with van der Waals surface area (Å²) in [6, 6.07) is 12.8. The third kappa shape index (κ3) is 5.08. The number of benzene rings is 2. The lowest BCUT2D eigenvalue weighted by molar-refractivity contribution is 0.102. The standard InChI is InChI=1S/C19H19N3O4S2/c1-2-12-26-16-7-3-14(4-8-16)18(23)21-15-5-9-17(10-6-15)28(24,25)22-19-20-11-13-27-19/h3-11,13H,2,12H2,1H3,(H,20,22)(H,21,23). The Hall–Kier alpha value is -2.91. The molecule has 3 rings (SSSR count). The molecular formula is C19H19N3O4S2. The highest BCUT2D eigenvalue weighted by Gasteiger charge is 2.15. The summed E-state index contributed by atoms with van der Waals surface area (Å²) in [5.74, 6) is 0.416. The minimum atomic E-state index is -3.72. The summed E-state index contributed by atoms with van der Waals surface area (Å²) in [5.41, 5.74) is 0.968. The Morgan fingerprint density at radius 1 is 1.11 bits per heavy atom. The average molecular weight is 418 g/mol. The number of carbonyl (C=O) groups is 1. The van der Waals surface area contributed by atoms with E-state index in [1.165, 1.54) is 41.8 Å². The molecule has 0 unspecified atom stereocenters.